The Balaban J connectivity index is 2.38. The van der Waals surface area contributed by atoms with E-state index in [0.717, 1.165) is 10.6 Å². The Morgan fingerprint density at radius 1 is 1.44 bits per heavy atom. The van der Waals surface area contributed by atoms with Crippen LogP contribution in [0, 0.1) is 0 Å². The molecule has 2 heterocycles. The van der Waals surface area contributed by atoms with Crippen LogP contribution in [0.2, 0.25) is 0 Å². The van der Waals surface area contributed by atoms with Crippen LogP contribution in [0.4, 0.5) is 0 Å². The molecule has 0 N–H and O–H groups in total. The maximum absolute atomic E-state index is 11.8. The number of aromatic nitrogens is 2. The SMILES string of the molecule is CCOC(=O)c1sc(-c2ccncc2)nc1CBr. The third-order valence-corrected chi connectivity index (χ3v) is 3.87. The van der Waals surface area contributed by atoms with Gasteiger partial charge in [0.2, 0.25) is 0 Å². The fraction of sp³-hybridized carbons (Fsp3) is 0.250. The topological polar surface area (TPSA) is 52.1 Å². The highest BCUT2D eigenvalue weighted by Crippen LogP contribution is 2.29. The van der Waals surface area contributed by atoms with Crippen molar-refractivity contribution < 1.29 is 9.53 Å². The summed E-state index contributed by atoms with van der Waals surface area (Å²) in [5, 5.41) is 1.33. The molecule has 94 valence electrons. The first-order valence-corrected chi connectivity index (χ1v) is 7.33. The van der Waals surface area contributed by atoms with Crippen molar-refractivity contribution in [2.45, 2.75) is 12.3 Å². The lowest BCUT2D eigenvalue weighted by Gasteiger charge is -1.98. The van der Waals surface area contributed by atoms with Crippen LogP contribution in [0.25, 0.3) is 10.6 Å². The number of esters is 1. The van der Waals surface area contributed by atoms with Gasteiger partial charge in [-0.05, 0) is 19.1 Å². The molecule has 2 aromatic rings. The number of hydrogen-bond donors (Lipinski definition) is 0. The normalized spacial score (nSPS) is 10.3. The minimum absolute atomic E-state index is 0.315. The van der Waals surface area contributed by atoms with E-state index < -0.39 is 0 Å². The van der Waals surface area contributed by atoms with E-state index in [-0.39, 0.29) is 5.97 Å². The van der Waals surface area contributed by atoms with Gasteiger partial charge in [0.15, 0.2) is 0 Å². The van der Waals surface area contributed by atoms with Crippen LogP contribution < -0.4 is 0 Å². The number of nitrogens with zero attached hydrogens (tertiary/aromatic N) is 2. The van der Waals surface area contributed by atoms with E-state index in [9.17, 15) is 4.79 Å². The second-order valence-electron chi connectivity index (χ2n) is 3.38. The number of hydrogen-bond acceptors (Lipinski definition) is 5. The summed E-state index contributed by atoms with van der Waals surface area (Å²) in [5.74, 6) is -0.315. The highest BCUT2D eigenvalue weighted by atomic mass is 79.9. The van der Waals surface area contributed by atoms with Crippen molar-refractivity contribution >= 4 is 33.2 Å². The van der Waals surface area contributed by atoms with Gasteiger partial charge < -0.3 is 4.74 Å². The molecular weight excluding hydrogens is 316 g/mol. The molecule has 0 amide bonds. The Morgan fingerprint density at radius 2 is 2.17 bits per heavy atom. The quantitative estimate of drug-likeness (QED) is 0.639. The largest absolute Gasteiger partial charge is 0.462 e. The Labute approximate surface area is 117 Å². The third kappa shape index (κ3) is 2.76. The second-order valence-corrected chi connectivity index (χ2v) is 4.94. The van der Waals surface area contributed by atoms with Crippen molar-refractivity contribution in [3.8, 4) is 10.6 Å². The number of halogens is 1. The number of rotatable bonds is 4. The molecule has 2 rings (SSSR count). The van der Waals surface area contributed by atoms with Gasteiger partial charge in [-0.1, -0.05) is 15.9 Å². The summed E-state index contributed by atoms with van der Waals surface area (Å²) in [6, 6.07) is 3.73. The molecule has 0 aliphatic rings. The number of alkyl halides is 1. The van der Waals surface area contributed by atoms with E-state index >= 15 is 0 Å². The molecule has 0 saturated carbocycles. The second kappa shape index (κ2) is 6.06. The molecule has 18 heavy (non-hydrogen) atoms. The zero-order chi connectivity index (χ0) is 13.0. The average Bonchev–Trinajstić information content (AvgIpc) is 2.84. The molecule has 4 nitrogen and oxygen atoms in total. The maximum atomic E-state index is 11.8. The first kappa shape index (κ1) is 13.2. The third-order valence-electron chi connectivity index (χ3n) is 2.21. The monoisotopic (exact) mass is 326 g/mol. The van der Waals surface area contributed by atoms with Crippen LogP contribution >= 0.6 is 27.3 Å². The lowest BCUT2D eigenvalue weighted by atomic mass is 10.3. The lowest BCUT2D eigenvalue weighted by molar-refractivity contribution is 0.0531. The van der Waals surface area contributed by atoms with Gasteiger partial charge in [0.1, 0.15) is 9.88 Å². The van der Waals surface area contributed by atoms with Crippen molar-refractivity contribution in [1.29, 1.82) is 0 Å². The molecule has 0 aliphatic heterocycles. The molecule has 0 radical (unpaired) electrons. The van der Waals surface area contributed by atoms with Gasteiger partial charge in [-0.3, -0.25) is 4.98 Å². The summed E-state index contributed by atoms with van der Waals surface area (Å²) in [4.78, 5) is 20.7. The zero-order valence-electron chi connectivity index (χ0n) is 9.72. The number of carbonyl (C=O) groups excluding carboxylic acids is 1. The van der Waals surface area contributed by atoms with Crippen molar-refractivity contribution in [3.05, 3.63) is 35.1 Å². The predicted octanol–water partition coefficient (Wildman–Crippen LogP) is 3.28. The van der Waals surface area contributed by atoms with Crippen molar-refractivity contribution in [3.63, 3.8) is 0 Å². The first-order valence-electron chi connectivity index (χ1n) is 5.39. The van der Waals surface area contributed by atoms with Crippen LogP contribution in [0.1, 0.15) is 22.3 Å². The fourth-order valence-electron chi connectivity index (χ4n) is 1.42. The van der Waals surface area contributed by atoms with Crippen molar-refractivity contribution in [2.24, 2.45) is 0 Å². The van der Waals surface area contributed by atoms with Gasteiger partial charge in [0.05, 0.1) is 12.3 Å². The number of ether oxygens (including phenoxy) is 1. The zero-order valence-corrected chi connectivity index (χ0v) is 12.1. The highest BCUT2D eigenvalue weighted by Gasteiger charge is 2.18. The summed E-state index contributed by atoms with van der Waals surface area (Å²) in [7, 11) is 0. The standard InChI is InChI=1S/C12H11BrN2O2S/c1-2-17-12(16)10-9(7-13)15-11(18-10)8-3-5-14-6-4-8/h3-6H,2,7H2,1H3. The molecule has 0 bridgehead atoms. The fourth-order valence-corrected chi connectivity index (χ4v) is 2.99. The lowest BCUT2D eigenvalue weighted by Crippen LogP contribution is -2.04. The number of thiazole rings is 1. The molecule has 2 aromatic heterocycles. The maximum Gasteiger partial charge on any atom is 0.350 e. The summed E-state index contributed by atoms with van der Waals surface area (Å²) in [6.45, 7) is 2.15. The van der Waals surface area contributed by atoms with E-state index in [0.29, 0.717) is 22.5 Å². The Kier molecular flexibility index (Phi) is 4.43. The average molecular weight is 327 g/mol. The Morgan fingerprint density at radius 3 is 2.78 bits per heavy atom. The van der Waals surface area contributed by atoms with E-state index in [1.807, 2.05) is 12.1 Å². The Hall–Kier alpha value is -1.27. The molecule has 0 aliphatic carbocycles. The van der Waals surface area contributed by atoms with Gasteiger partial charge in [-0.2, -0.15) is 0 Å². The van der Waals surface area contributed by atoms with Gasteiger partial charge >= 0.3 is 5.97 Å². The van der Waals surface area contributed by atoms with Crippen LogP contribution in [0.3, 0.4) is 0 Å². The highest BCUT2D eigenvalue weighted by molar-refractivity contribution is 9.08. The van der Waals surface area contributed by atoms with Crippen molar-refractivity contribution in [1.82, 2.24) is 9.97 Å². The smallest absolute Gasteiger partial charge is 0.350 e. The molecule has 6 heteroatoms. The number of carbonyl (C=O) groups is 1. The Bertz CT molecular complexity index is 542. The van der Waals surface area contributed by atoms with Gasteiger partial charge in [0.25, 0.3) is 0 Å². The molecular formula is C12H11BrN2O2S. The molecule has 0 saturated heterocycles. The van der Waals surface area contributed by atoms with Crippen LogP contribution in [-0.2, 0) is 10.1 Å². The van der Waals surface area contributed by atoms with Gasteiger partial charge in [-0.25, -0.2) is 9.78 Å². The molecule has 0 spiro atoms. The van der Waals surface area contributed by atoms with Crippen LogP contribution in [0.5, 0.6) is 0 Å². The minimum atomic E-state index is -0.315. The summed E-state index contributed by atoms with van der Waals surface area (Å²) >= 11 is 4.68. The van der Waals surface area contributed by atoms with E-state index in [4.69, 9.17) is 4.74 Å². The summed E-state index contributed by atoms with van der Waals surface area (Å²) in [6.07, 6.45) is 3.41. The number of pyridine rings is 1. The van der Waals surface area contributed by atoms with Crippen LogP contribution in [-0.4, -0.2) is 22.5 Å². The van der Waals surface area contributed by atoms with Crippen LogP contribution in [0.15, 0.2) is 24.5 Å². The molecule has 0 fully saturated rings. The van der Waals surface area contributed by atoms with E-state index in [1.54, 1.807) is 19.3 Å². The van der Waals surface area contributed by atoms with E-state index in [2.05, 4.69) is 25.9 Å². The predicted molar refractivity (Wildman–Crippen MR) is 73.9 cm³/mol. The molecule has 0 aromatic carbocycles. The minimum Gasteiger partial charge on any atom is -0.462 e. The van der Waals surface area contributed by atoms with Gasteiger partial charge in [0, 0.05) is 23.3 Å². The molecule has 0 atom stereocenters. The summed E-state index contributed by atoms with van der Waals surface area (Å²) in [5.41, 5.74) is 1.66. The van der Waals surface area contributed by atoms with Gasteiger partial charge in [-0.15, -0.1) is 11.3 Å². The molecule has 0 unspecified atom stereocenters. The van der Waals surface area contributed by atoms with Crippen molar-refractivity contribution in [2.75, 3.05) is 6.61 Å². The summed E-state index contributed by atoms with van der Waals surface area (Å²) < 4.78 is 5.02. The first-order chi connectivity index (χ1) is 8.76. The van der Waals surface area contributed by atoms with E-state index in [1.165, 1.54) is 11.3 Å².